The van der Waals surface area contributed by atoms with Crippen LogP contribution in [0, 0.1) is 5.92 Å². The van der Waals surface area contributed by atoms with E-state index in [0.29, 0.717) is 17.9 Å². The molecule has 2 rings (SSSR count). The van der Waals surface area contributed by atoms with E-state index in [2.05, 4.69) is 4.90 Å². The molecule has 1 aromatic rings. The molecule has 1 aliphatic heterocycles. The number of aryl methyl sites for hydroxylation is 1. The molecule has 1 atom stereocenters. The third-order valence-electron chi connectivity index (χ3n) is 4.58. The predicted octanol–water partition coefficient (Wildman–Crippen LogP) is 2.70. The van der Waals surface area contributed by atoms with Gasteiger partial charge in [0.1, 0.15) is 0 Å². The molecule has 1 aliphatic rings. The molecule has 23 heavy (non-hydrogen) atoms. The van der Waals surface area contributed by atoms with Crippen LogP contribution in [0.4, 0.5) is 13.2 Å². The van der Waals surface area contributed by atoms with Gasteiger partial charge in [-0.25, -0.2) is 0 Å². The van der Waals surface area contributed by atoms with Gasteiger partial charge in [0.05, 0.1) is 24.8 Å². The lowest BCUT2D eigenvalue weighted by molar-refractivity contribution is -0.137. The Balaban J connectivity index is 1.90. The Hall–Kier alpha value is -1.11. The summed E-state index contributed by atoms with van der Waals surface area (Å²) < 4.78 is 38.2. The van der Waals surface area contributed by atoms with Gasteiger partial charge < -0.3 is 10.2 Å². The van der Waals surface area contributed by atoms with E-state index in [-0.39, 0.29) is 19.3 Å². The Morgan fingerprint density at radius 2 is 1.96 bits per heavy atom. The maximum absolute atomic E-state index is 12.7. The highest BCUT2D eigenvalue weighted by Gasteiger charge is 2.30. The van der Waals surface area contributed by atoms with Crippen molar-refractivity contribution in [2.75, 3.05) is 26.3 Å². The van der Waals surface area contributed by atoms with Gasteiger partial charge in [0, 0.05) is 6.54 Å². The molecule has 1 fully saturated rings. The first-order valence-corrected chi connectivity index (χ1v) is 8.06. The van der Waals surface area contributed by atoms with Gasteiger partial charge in [-0.15, -0.1) is 0 Å². The van der Waals surface area contributed by atoms with Crippen molar-refractivity contribution in [2.24, 2.45) is 5.92 Å². The largest absolute Gasteiger partial charge is 0.416 e. The molecule has 0 bridgehead atoms. The van der Waals surface area contributed by atoms with Crippen LogP contribution in [-0.4, -0.2) is 47.5 Å². The maximum Gasteiger partial charge on any atom is 0.416 e. The van der Waals surface area contributed by atoms with E-state index in [4.69, 9.17) is 0 Å². The molecule has 6 heteroatoms. The highest BCUT2D eigenvalue weighted by Crippen LogP contribution is 2.30. The van der Waals surface area contributed by atoms with Crippen LogP contribution in [0.15, 0.2) is 24.3 Å². The lowest BCUT2D eigenvalue weighted by atomic mass is 9.90. The summed E-state index contributed by atoms with van der Waals surface area (Å²) in [4.78, 5) is 2.08. The molecular weight excluding hydrogens is 307 g/mol. The second-order valence-electron chi connectivity index (χ2n) is 6.26. The fraction of sp³-hybridized carbons (Fsp3) is 0.647. The Bertz CT molecular complexity index is 489. The number of hydrogen-bond donors (Lipinski definition) is 2. The molecule has 0 unspecified atom stereocenters. The lowest BCUT2D eigenvalue weighted by Gasteiger charge is -2.37. The number of aliphatic hydroxyl groups excluding tert-OH is 2. The molecule has 1 aromatic carbocycles. The number of likely N-dealkylation sites (tertiary alicyclic amines) is 1. The van der Waals surface area contributed by atoms with Gasteiger partial charge in [-0.1, -0.05) is 18.2 Å². The molecule has 130 valence electrons. The normalized spacial score (nSPS) is 20.2. The summed E-state index contributed by atoms with van der Waals surface area (Å²) in [6.45, 7) is 1.49. The zero-order valence-corrected chi connectivity index (χ0v) is 13.1. The second-order valence-corrected chi connectivity index (χ2v) is 6.26. The fourth-order valence-electron chi connectivity index (χ4n) is 3.23. The van der Waals surface area contributed by atoms with Gasteiger partial charge in [-0.3, -0.25) is 4.90 Å². The van der Waals surface area contributed by atoms with Gasteiger partial charge >= 0.3 is 6.18 Å². The Labute approximate surface area is 134 Å². The summed E-state index contributed by atoms with van der Waals surface area (Å²) in [6, 6.07) is 5.29. The van der Waals surface area contributed by atoms with E-state index < -0.39 is 11.7 Å². The SMILES string of the molecule is OCC(CO)N1CCC[C@@H](CCc2cccc(C(F)(F)F)c2)C1. The Morgan fingerprint density at radius 1 is 1.22 bits per heavy atom. The summed E-state index contributed by atoms with van der Waals surface area (Å²) in [5, 5.41) is 18.5. The van der Waals surface area contributed by atoms with Gasteiger partial charge in [0.15, 0.2) is 0 Å². The highest BCUT2D eigenvalue weighted by molar-refractivity contribution is 5.25. The number of halogens is 3. The van der Waals surface area contributed by atoms with Crippen LogP contribution in [0.1, 0.15) is 30.4 Å². The van der Waals surface area contributed by atoms with E-state index >= 15 is 0 Å². The first-order valence-electron chi connectivity index (χ1n) is 8.06. The summed E-state index contributed by atoms with van der Waals surface area (Å²) >= 11 is 0. The van der Waals surface area contributed by atoms with E-state index in [1.807, 2.05) is 0 Å². The molecule has 1 saturated heterocycles. The standard InChI is InChI=1S/C17H24F3NO2/c18-17(19,20)15-5-1-3-13(9-15)6-7-14-4-2-8-21(10-14)16(11-22)12-23/h1,3,5,9,14,16,22-23H,2,4,6-8,10-12H2/t14-/m0/s1. The first-order chi connectivity index (χ1) is 10.9. The van der Waals surface area contributed by atoms with Crippen molar-refractivity contribution in [3.05, 3.63) is 35.4 Å². The minimum atomic E-state index is -4.30. The molecule has 0 aromatic heterocycles. The molecule has 2 N–H and O–H groups in total. The van der Waals surface area contributed by atoms with E-state index in [1.54, 1.807) is 6.07 Å². The van der Waals surface area contributed by atoms with Crippen molar-refractivity contribution < 1.29 is 23.4 Å². The third kappa shape index (κ3) is 5.19. The molecule has 1 heterocycles. The topological polar surface area (TPSA) is 43.7 Å². The second kappa shape index (κ2) is 8.13. The minimum absolute atomic E-state index is 0.0726. The van der Waals surface area contributed by atoms with Gasteiger partial charge in [-0.05, 0) is 49.8 Å². The van der Waals surface area contributed by atoms with Crippen molar-refractivity contribution in [1.29, 1.82) is 0 Å². The fourth-order valence-corrected chi connectivity index (χ4v) is 3.23. The molecule has 0 radical (unpaired) electrons. The average Bonchev–Trinajstić information content (AvgIpc) is 2.54. The smallest absolute Gasteiger partial charge is 0.395 e. The van der Waals surface area contributed by atoms with Crippen LogP contribution in [0.5, 0.6) is 0 Å². The number of alkyl halides is 3. The van der Waals surface area contributed by atoms with Crippen LogP contribution in [0.3, 0.4) is 0 Å². The molecule has 0 amide bonds. The molecule has 0 spiro atoms. The number of piperidine rings is 1. The molecule has 0 aliphatic carbocycles. The summed E-state index contributed by atoms with van der Waals surface area (Å²) in [7, 11) is 0. The predicted molar refractivity (Wildman–Crippen MR) is 82.0 cm³/mol. The quantitative estimate of drug-likeness (QED) is 0.842. The van der Waals surface area contributed by atoms with Gasteiger partial charge in [0.2, 0.25) is 0 Å². The van der Waals surface area contributed by atoms with Crippen LogP contribution in [0.25, 0.3) is 0 Å². The van der Waals surface area contributed by atoms with Crippen LogP contribution in [-0.2, 0) is 12.6 Å². The zero-order valence-electron chi connectivity index (χ0n) is 13.1. The number of benzene rings is 1. The molecule has 3 nitrogen and oxygen atoms in total. The summed E-state index contributed by atoms with van der Waals surface area (Å²) in [5.41, 5.74) is 0.110. The van der Waals surface area contributed by atoms with Gasteiger partial charge in [-0.2, -0.15) is 13.2 Å². The van der Waals surface area contributed by atoms with Crippen LogP contribution in [0.2, 0.25) is 0 Å². The number of rotatable bonds is 6. The Morgan fingerprint density at radius 3 is 2.61 bits per heavy atom. The van der Waals surface area contributed by atoms with Crippen LogP contribution >= 0.6 is 0 Å². The average molecular weight is 331 g/mol. The van der Waals surface area contributed by atoms with Crippen molar-refractivity contribution in [1.82, 2.24) is 4.90 Å². The lowest BCUT2D eigenvalue weighted by Crippen LogP contribution is -2.46. The van der Waals surface area contributed by atoms with Crippen molar-refractivity contribution >= 4 is 0 Å². The van der Waals surface area contributed by atoms with Crippen LogP contribution < -0.4 is 0 Å². The molecular formula is C17H24F3NO2. The highest BCUT2D eigenvalue weighted by atomic mass is 19.4. The van der Waals surface area contributed by atoms with E-state index in [0.717, 1.165) is 38.4 Å². The van der Waals surface area contributed by atoms with Crippen molar-refractivity contribution in [3.63, 3.8) is 0 Å². The van der Waals surface area contributed by atoms with Crippen molar-refractivity contribution in [2.45, 2.75) is 37.9 Å². The van der Waals surface area contributed by atoms with Gasteiger partial charge in [0.25, 0.3) is 0 Å². The van der Waals surface area contributed by atoms with E-state index in [9.17, 15) is 23.4 Å². The zero-order chi connectivity index (χ0) is 16.9. The van der Waals surface area contributed by atoms with E-state index in [1.165, 1.54) is 12.1 Å². The first kappa shape index (κ1) is 18.2. The third-order valence-corrected chi connectivity index (χ3v) is 4.58. The minimum Gasteiger partial charge on any atom is -0.395 e. The summed E-state index contributed by atoms with van der Waals surface area (Å²) in [5.74, 6) is 0.388. The number of aliphatic hydroxyl groups is 2. The number of hydrogen-bond acceptors (Lipinski definition) is 3. The Kier molecular flexibility index (Phi) is 6.44. The number of nitrogens with zero attached hydrogens (tertiary/aromatic N) is 1. The monoisotopic (exact) mass is 331 g/mol. The van der Waals surface area contributed by atoms with Crippen molar-refractivity contribution in [3.8, 4) is 0 Å². The summed E-state index contributed by atoms with van der Waals surface area (Å²) in [6.07, 6.45) is -0.831. The maximum atomic E-state index is 12.7. The molecule has 0 saturated carbocycles.